The van der Waals surface area contributed by atoms with Gasteiger partial charge in [-0.2, -0.15) is 4.98 Å². The first-order chi connectivity index (χ1) is 14.6. The molecular weight excluding hydrogens is 472 g/mol. The molecule has 8 nitrogen and oxygen atoms in total. The zero-order valence-corrected chi connectivity index (χ0v) is 19.1. The molecule has 1 aromatic heterocycles. The molecule has 4 rings (SSSR count). The Hall–Kier alpha value is -2.72. The molecule has 1 atom stereocenters. The van der Waals surface area contributed by atoms with Crippen molar-refractivity contribution in [2.24, 2.45) is 0 Å². The SMILES string of the molecule is COc1ccc([C@H]2Nc3ccc(Br)cc3-c3nnc(SC)nc3O2)c(OC)c1OC. The van der Waals surface area contributed by atoms with Gasteiger partial charge in [-0.3, -0.25) is 0 Å². The minimum atomic E-state index is -0.618. The lowest BCUT2D eigenvalue weighted by atomic mass is 10.1. The maximum atomic E-state index is 6.29. The van der Waals surface area contributed by atoms with E-state index in [1.54, 1.807) is 21.3 Å². The van der Waals surface area contributed by atoms with Crippen LogP contribution in [0.15, 0.2) is 40.0 Å². The number of ether oxygens (including phenoxy) is 4. The number of anilines is 1. The Labute approximate surface area is 186 Å². The summed E-state index contributed by atoms with van der Waals surface area (Å²) in [4.78, 5) is 4.54. The van der Waals surface area contributed by atoms with Crippen LogP contribution < -0.4 is 24.3 Å². The van der Waals surface area contributed by atoms with Gasteiger partial charge in [-0.15, -0.1) is 10.2 Å². The van der Waals surface area contributed by atoms with Gasteiger partial charge in [0, 0.05) is 15.7 Å². The summed E-state index contributed by atoms with van der Waals surface area (Å²) in [7, 11) is 4.72. The van der Waals surface area contributed by atoms with E-state index in [4.69, 9.17) is 18.9 Å². The minimum absolute atomic E-state index is 0.375. The summed E-state index contributed by atoms with van der Waals surface area (Å²) in [5, 5.41) is 12.5. The summed E-state index contributed by atoms with van der Waals surface area (Å²) in [6, 6.07) is 9.51. The molecular formula is C20H19BrN4O4S. The fourth-order valence-corrected chi connectivity index (χ4v) is 3.89. The normalized spacial score (nSPS) is 14.5. The third-order valence-electron chi connectivity index (χ3n) is 4.59. The number of fused-ring (bicyclic) bond motifs is 3. The number of aromatic nitrogens is 3. The lowest BCUT2D eigenvalue weighted by Gasteiger charge is -2.23. The standard InChI is InChI=1S/C20H19BrN4O4S/c1-26-14-8-6-11(16(27-2)17(14)28-3)18-22-13-7-5-10(21)9-12(13)15-19(29-18)23-20(30-4)25-24-15/h5-9,18,22H,1-4H3/t18-/m0/s1. The summed E-state index contributed by atoms with van der Waals surface area (Å²) in [6.45, 7) is 0. The molecule has 3 aromatic rings. The van der Waals surface area contributed by atoms with Gasteiger partial charge in [0.2, 0.25) is 23.0 Å². The molecule has 1 N–H and O–H groups in total. The van der Waals surface area contributed by atoms with Crippen molar-refractivity contribution in [3.05, 3.63) is 40.4 Å². The van der Waals surface area contributed by atoms with Crippen molar-refractivity contribution in [1.82, 2.24) is 15.2 Å². The van der Waals surface area contributed by atoms with E-state index in [0.717, 1.165) is 21.3 Å². The van der Waals surface area contributed by atoms with Gasteiger partial charge in [-0.05, 0) is 36.6 Å². The fraction of sp³-hybridized carbons (Fsp3) is 0.250. The van der Waals surface area contributed by atoms with Crippen LogP contribution in [0.5, 0.6) is 23.1 Å². The number of hydrogen-bond donors (Lipinski definition) is 1. The Morgan fingerprint density at radius 3 is 2.53 bits per heavy atom. The van der Waals surface area contributed by atoms with E-state index in [1.165, 1.54) is 11.8 Å². The Balaban J connectivity index is 1.90. The van der Waals surface area contributed by atoms with Crippen LogP contribution in [0.25, 0.3) is 11.3 Å². The maximum Gasteiger partial charge on any atom is 0.247 e. The highest BCUT2D eigenvalue weighted by Crippen LogP contribution is 2.46. The highest BCUT2D eigenvalue weighted by atomic mass is 79.9. The zero-order valence-electron chi connectivity index (χ0n) is 16.7. The largest absolute Gasteiger partial charge is 0.493 e. The van der Waals surface area contributed by atoms with Crippen molar-refractivity contribution in [3.63, 3.8) is 0 Å². The number of rotatable bonds is 5. The van der Waals surface area contributed by atoms with Crippen LogP contribution in [0.4, 0.5) is 5.69 Å². The molecule has 1 aliphatic rings. The Morgan fingerprint density at radius 2 is 1.83 bits per heavy atom. The molecule has 0 radical (unpaired) electrons. The van der Waals surface area contributed by atoms with Gasteiger partial charge >= 0.3 is 0 Å². The highest BCUT2D eigenvalue weighted by Gasteiger charge is 2.30. The quantitative estimate of drug-likeness (QED) is 0.517. The van der Waals surface area contributed by atoms with Crippen LogP contribution >= 0.6 is 27.7 Å². The third-order valence-corrected chi connectivity index (χ3v) is 5.62. The second-order valence-electron chi connectivity index (χ2n) is 6.21. The van der Waals surface area contributed by atoms with Crippen molar-refractivity contribution >= 4 is 33.4 Å². The predicted molar refractivity (Wildman–Crippen MR) is 118 cm³/mol. The van der Waals surface area contributed by atoms with Crippen molar-refractivity contribution in [3.8, 4) is 34.4 Å². The van der Waals surface area contributed by atoms with E-state index in [-0.39, 0.29) is 0 Å². The summed E-state index contributed by atoms with van der Waals surface area (Å²) in [6.07, 6.45) is 1.27. The fourth-order valence-electron chi connectivity index (χ4n) is 3.23. The maximum absolute atomic E-state index is 6.29. The second-order valence-corrected chi connectivity index (χ2v) is 7.90. The van der Waals surface area contributed by atoms with Gasteiger partial charge in [0.15, 0.2) is 17.2 Å². The Morgan fingerprint density at radius 1 is 1.03 bits per heavy atom. The van der Waals surface area contributed by atoms with Crippen LogP contribution in [-0.2, 0) is 0 Å². The summed E-state index contributed by atoms with van der Waals surface area (Å²) in [5.74, 6) is 1.92. The monoisotopic (exact) mass is 490 g/mol. The van der Waals surface area contributed by atoms with E-state index in [2.05, 4.69) is 36.4 Å². The minimum Gasteiger partial charge on any atom is -0.493 e. The van der Waals surface area contributed by atoms with Gasteiger partial charge < -0.3 is 24.3 Å². The van der Waals surface area contributed by atoms with E-state index < -0.39 is 6.23 Å². The first-order valence-electron chi connectivity index (χ1n) is 8.90. The van der Waals surface area contributed by atoms with Crippen molar-refractivity contribution in [2.45, 2.75) is 11.4 Å². The average molecular weight is 491 g/mol. The third kappa shape index (κ3) is 3.61. The van der Waals surface area contributed by atoms with Gasteiger partial charge in [-0.1, -0.05) is 27.7 Å². The van der Waals surface area contributed by atoms with Crippen LogP contribution in [0.1, 0.15) is 11.8 Å². The molecule has 0 amide bonds. The lowest BCUT2D eigenvalue weighted by molar-refractivity contribution is 0.217. The second kappa shape index (κ2) is 8.57. The van der Waals surface area contributed by atoms with Gasteiger partial charge in [0.1, 0.15) is 0 Å². The van der Waals surface area contributed by atoms with E-state index in [0.29, 0.717) is 34.0 Å². The number of nitrogens with one attached hydrogen (secondary N) is 1. The van der Waals surface area contributed by atoms with Gasteiger partial charge in [-0.25, -0.2) is 0 Å². The molecule has 0 fully saturated rings. The number of benzene rings is 2. The van der Waals surface area contributed by atoms with Crippen LogP contribution in [0, 0.1) is 0 Å². The van der Waals surface area contributed by atoms with Gasteiger partial charge in [0.05, 0.1) is 26.9 Å². The Bertz CT molecular complexity index is 1100. The van der Waals surface area contributed by atoms with Crippen LogP contribution in [0.3, 0.4) is 0 Å². The van der Waals surface area contributed by atoms with E-state index in [1.807, 2.05) is 36.6 Å². The molecule has 0 aliphatic carbocycles. The van der Waals surface area contributed by atoms with Crippen molar-refractivity contribution in [2.75, 3.05) is 32.9 Å². The summed E-state index contributed by atoms with van der Waals surface area (Å²) < 4.78 is 23.8. The Kier molecular flexibility index (Phi) is 5.87. The molecule has 1 aliphatic heterocycles. The lowest BCUT2D eigenvalue weighted by Crippen LogP contribution is -2.18. The number of nitrogens with zero attached hydrogens (tertiary/aromatic N) is 3. The number of hydrogen-bond acceptors (Lipinski definition) is 9. The summed E-state index contributed by atoms with van der Waals surface area (Å²) >= 11 is 4.91. The molecule has 30 heavy (non-hydrogen) atoms. The molecule has 156 valence electrons. The molecule has 0 bridgehead atoms. The smallest absolute Gasteiger partial charge is 0.247 e. The van der Waals surface area contributed by atoms with E-state index >= 15 is 0 Å². The zero-order chi connectivity index (χ0) is 21.3. The number of methoxy groups -OCH3 is 3. The molecule has 0 saturated carbocycles. The van der Waals surface area contributed by atoms with Crippen molar-refractivity contribution in [1.29, 1.82) is 0 Å². The molecule has 2 aromatic carbocycles. The molecule has 0 unspecified atom stereocenters. The molecule has 2 heterocycles. The molecule has 0 spiro atoms. The number of halogens is 1. The average Bonchev–Trinajstić information content (AvgIpc) is 2.93. The first kappa shape index (κ1) is 20.5. The highest BCUT2D eigenvalue weighted by molar-refractivity contribution is 9.10. The molecule has 10 heteroatoms. The predicted octanol–water partition coefficient (Wildman–Crippen LogP) is 4.55. The molecule has 0 saturated heterocycles. The summed E-state index contributed by atoms with van der Waals surface area (Å²) in [5.41, 5.74) is 2.93. The topological polar surface area (TPSA) is 87.6 Å². The van der Waals surface area contributed by atoms with Crippen LogP contribution in [-0.4, -0.2) is 42.8 Å². The van der Waals surface area contributed by atoms with Crippen molar-refractivity contribution < 1.29 is 18.9 Å². The first-order valence-corrected chi connectivity index (χ1v) is 10.9. The van der Waals surface area contributed by atoms with E-state index in [9.17, 15) is 0 Å². The van der Waals surface area contributed by atoms with Crippen LogP contribution in [0.2, 0.25) is 0 Å². The van der Waals surface area contributed by atoms with Gasteiger partial charge in [0.25, 0.3) is 0 Å². The number of thioether (sulfide) groups is 1.